The topological polar surface area (TPSA) is 43.4 Å². The molecule has 0 heterocycles. The van der Waals surface area contributed by atoms with Crippen LogP contribution in [0.4, 0.5) is 22.0 Å². The van der Waals surface area contributed by atoms with Gasteiger partial charge in [0, 0.05) is 0 Å². The largest absolute Gasteiger partial charge is 0.537 e. The molecular weight excluding hydrogens is 295 g/mol. The zero-order chi connectivity index (χ0) is 15.0. The van der Waals surface area contributed by atoms with Gasteiger partial charge in [-0.15, -0.1) is 13.2 Å². The van der Waals surface area contributed by atoms with Crippen molar-refractivity contribution in [2.24, 2.45) is 0 Å². The summed E-state index contributed by atoms with van der Waals surface area (Å²) in [6, 6.07) is 1.31. The molecule has 0 aromatic heterocycles. The highest BCUT2D eigenvalue weighted by Gasteiger charge is 2.40. The van der Waals surface area contributed by atoms with Crippen molar-refractivity contribution in [1.29, 1.82) is 0 Å². The van der Waals surface area contributed by atoms with E-state index in [-0.39, 0.29) is 11.5 Å². The van der Waals surface area contributed by atoms with E-state index in [0.717, 1.165) is 0 Å². The van der Waals surface area contributed by atoms with E-state index < -0.39 is 33.0 Å². The van der Waals surface area contributed by atoms with E-state index in [1.807, 2.05) is 0 Å². The summed E-state index contributed by atoms with van der Waals surface area (Å²) in [5.74, 6) is -3.59. The molecule has 0 spiro atoms. The second kappa shape index (κ2) is 5.04. The summed E-state index contributed by atoms with van der Waals surface area (Å²) in [7, 11) is -5.60. The average Bonchev–Trinajstić information content (AvgIpc) is 2.10. The number of hydrogen-bond donors (Lipinski definition) is 0. The maximum Gasteiger partial charge on any atom is 0.537 e. The van der Waals surface area contributed by atoms with Gasteiger partial charge in [-0.2, -0.15) is 12.6 Å². The summed E-state index contributed by atoms with van der Waals surface area (Å²) in [6.07, 6.45) is -5.56. The Labute approximate surface area is 106 Å². The molecule has 0 fully saturated rings. The van der Waals surface area contributed by atoms with Gasteiger partial charge in [0.2, 0.25) is 0 Å². The molecule has 0 saturated heterocycles. The van der Waals surface area contributed by atoms with Crippen LogP contribution < -0.4 is 0 Å². The molecule has 0 amide bonds. The summed E-state index contributed by atoms with van der Waals surface area (Å²) in [5.41, 5.74) is 0.112. The van der Waals surface area contributed by atoms with Crippen LogP contribution in [-0.2, 0) is 14.3 Å². The second-order valence-corrected chi connectivity index (χ2v) is 5.43. The highest BCUT2D eigenvalue weighted by molar-refractivity contribution is 7.86. The first-order valence-electron chi connectivity index (χ1n) is 4.95. The molecule has 108 valence electrons. The van der Waals surface area contributed by atoms with Crippen LogP contribution in [0.3, 0.4) is 0 Å². The van der Waals surface area contributed by atoms with Gasteiger partial charge in [-0.25, -0.2) is 8.78 Å². The molecular formula is C10H9F5O3S. The van der Waals surface area contributed by atoms with Crippen molar-refractivity contribution in [1.82, 2.24) is 0 Å². The van der Waals surface area contributed by atoms with Crippen molar-refractivity contribution in [2.45, 2.75) is 31.0 Å². The Morgan fingerprint density at radius 1 is 1.11 bits per heavy atom. The van der Waals surface area contributed by atoms with E-state index in [4.69, 9.17) is 0 Å². The third-order valence-electron chi connectivity index (χ3n) is 2.14. The van der Waals surface area contributed by atoms with Gasteiger partial charge in [0.15, 0.2) is 4.90 Å². The fourth-order valence-corrected chi connectivity index (χ4v) is 2.25. The Bertz CT molecular complexity index is 554. The van der Waals surface area contributed by atoms with Crippen LogP contribution in [0.15, 0.2) is 17.0 Å². The monoisotopic (exact) mass is 304 g/mol. The lowest BCUT2D eigenvalue weighted by Crippen LogP contribution is -2.21. The Kier molecular flexibility index (Phi) is 4.20. The molecule has 0 unspecified atom stereocenters. The third kappa shape index (κ3) is 3.87. The first kappa shape index (κ1) is 15.8. The molecule has 1 aromatic rings. The minimum Gasteiger partial charge on any atom is -0.205 e. The minimum absolute atomic E-state index is 0.112. The molecule has 0 aliphatic rings. The van der Waals surface area contributed by atoms with Crippen LogP contribution in [0.5, 0.6) is 0 Å². The maximum atomic E-state index is 13.5. The number of hydrogen-bond acceptors (Lipinski definition) is 3. The van der Waals surface area contributed by atoms with Gasteiger partial charge in [-0.3, -0.25) is 0 Å². The summed E-state index contributed by atoms with van der Waals surface area (Å²) in [4.78, 5) is -1.76. The van der Waals surface area contributed by atoms with Gasteiger partial charge >= 0.3 is 16.5 Å². The quantitative estimate of drug-likeness (QED) is 0.635. The Balaban J connectivity index is 3.37. The number of alkyl halides is 3. The fourth-order valence-electron chi connectivity index (χ4n) is 1.32. The van der Waals surface area contributed by atoms with Gasteiger partial charge in [0.05, 0.1) is 0 Å². The maximum absolute atomic E-state index is 13.5. The predicted octanol–water partition coefficient (Wildman–Crippen LogP) is 3.31. The van der Waals surface area contributed by atoms with Gasteiger partial charge in [0.25, 0.3) is 0 Å². The van der Waals surface area contributed by atoms with Crippen LogP contribution in [0, 0.1) is 11.6 Å². The lowest BCUT2D eigenvalue weighted by atomic mass is 10.0. The summed E-state index contributed by atoms with van der Waals surface area (Å²) in [5, 5.41) is 0. The molecule has 0 aliphatic carbocycles. The predicted molar refractivity (Wildman–Crippen MR) is 54.8 cm³/mol. The van der Waals surface area contributed by atoms with Crippen LogP contribution in [0.1, 0.15) is 25.3 Å². The highest BCUT2D eigenvalue weighted by atomic mass is 32.2. The van der Waals surface area contributed by atoms with Crippen LogP contribution in [0.25, 0.3) is 0 Å². The molecule has 0 atom stereocenters. The van der Waals surface area contributed by atoms with Crippen molar-refractivity contribution in [2.75, 3.05) is 0 Å². The molecule has 0 N–H and O–H groups in total. The SMILES string of the molecule is CC(C)c1cc(F)c(S(=O)(=O)OC(F)(F)F)c(F)c1. The standard InChI is InChI=1S/C10H9F5O3S/c1-5(2)6-3-7(11)9(8(12)4-6)19(16,17)18-10(13,14)15/h3-5H,1-2H3. The van der Waals surface area contributed by atoms with Crippen molar-refractivity contribution >= 4 is 10.1 Å². The normalized spacial score (nSPS) is 13.1. The van der Waals surface area contributed by atoms with E-state index in [1.165, 1.54) is 0 Å². The molecule has 3 nitrogen and oxygen atoms in total. The number of benzene rings is 1. The van der Waals surface area contributed by atoms with E-state index >= 15 is 0 Å². The second-order valence-electron chi connectivity index (χ2n) is 3.95. The molecule has 0 aliphatic heterocycles. The summed E-state index contributed by atoms with van der Waals surface area (Å²) in [6.45, 7) is 3.16. The highest BCUT2D eigenvalue weighted by Crippen LogP contribution is 2.29. The minimum atomic E-state index is -5.60. The molecule has 0 bridgehead atoms. The number of rotatable bonds is 3. The third-order valence-corrected chi connectivity index (χ3v) is 3.44. The molecule has 0 radical (unpaired) electrons. The lowest BCUT2D eigenvalue weighted by molar-refractivity contribution is -0.272. The number of halogens is 5. The van der Waals surface area contributed by atoms with Crippen LogP contribution >= 0.6 is 0 Å². The Morgan fingerprint density at radius 2 is 1.53 bits per heavy atom. The summed E-state index contributed by atoms with van der Waals surface area (Å²) < 4.78 is 87.6. The van der Waals surface area contributed by atoms with Gasteiger partial charge in [0.1, 0.15) is 11.6 Å². The molecule has 1 rings (SSSR count). The van der Waals surface area contributed by atoms with Crippen LogP contribution in [-0.4, -0.2) is 14.8 Å². The van der Waals surface area contributed by atoms with Gasteiger partial charge < -0.3 is 0 Å². The average molecular weight is 304 g/mol. The summed E-state index contributed by atoms with van der Waals surface area (Å²) >= 11 is 0. The molecule has 1 aromatic carbocycles. The zero-order valence-corrected chi connectivity index (χ0v) is 10.6. The Hall–Kier alpha value is -1.22. The van der Waals surface area contributed by atoms with E-state index in [9.17, 15) is 30.4 Å². The lowest BCUT2D eigenvalue weighted by Gasteiger charge is -2.12. The Morgan fingerprint density at radius 3 is 1.84 bits per heavy atom. The first-order chi connectivity index (χ1) is 8.44. The molecule has 19 heavy (non-hydrogen) atoms. The van der Waals surface area contributed by atoms with Crippen molar-refractivity contribution in [3.63, 3.8) is 0 Å². The zero-order valence-electron chi connectivity index (χ0n) is 9.75. The molecule has 9 heteroatoms. The van der Waals surface area contributed by atoms with Gasteiger partial charge in [-0.1, -0.05) is 13.8 Å². The smallest absolute Gasteiger partial charge is 0.205 e. The van der Waals surface area contributed by atoms with E-state index in [2.05, 4.69) is 4.18 Å². The van der Waals surface area contributed by atoms with Crippen molar-refractivity contribution in [3.05, 3.63) is 29.3 Å². The van der Waals surface area contributed by atoms with E-state index in [1.54, 1.807) is 13.8 Å². The van der Waals surface area contributed by atoms with Crippen molar-refractivity contribution in [3.8, 4) is 0 Å². The van der Waals surface area contributed by atoms with Gasteiger partial charge in [-0.05, 0) is 23.6 Å². The van der Waals surface area contributed by atoms with Crippen molar-refractivity contribution < 1.29 is 34.6 Å². The van der Waals surface area contributed by atoms with Crippen LogP contribution in [0.2, 0.25) is 0 Å². The van der Waals surface area contributed by atoms with E-state index in [0.29, 0.717) is 12.1 Å². The fraction of sp³-hybridized carbons (Fsp3) is 0.400. The molecule has 0 saturated carbocycles. The first-order valence-corrected chi connectivity index (χ1v) is 6.36.